The highest BCUT2D eigenvalue weighted by molar-refractivity contribution is 7.09. The normalized spacial score (nSPS) is 11.8. The molecule has 0 aromatic carbocycles. The molecule has 9 nitrogen and oxygen atoms in total. The summed E-state index contributed by atoms with van der Waals surface area (Å²) in [4.78, 5) is 21.9. The van der Waals surface area contributed by atoms with E-state index in [9.17, 15) is 9.59 Å². The van der Waals surface area contributed by atoms with Gasteiger partial charge in [0.15, 0.2) is 0 Å². The highest BCUT2D eigenvalue weighted by Crippen LogP contribution is 2.04. The van der Waals surface area contributed by atoms with E-state index in [1.165, 1.54) is 0 Å². The SMILES string of the molecule is CCOC(CNC(=O)Nc1nnns1)CC(=O)O. The Morgan fingerprint density at radius 3 is 2.89 bits per heavy atom. The summed E-state index contributed by atoms with van der Waals surface area (Å²) in [5.41, 5.74) is 0. The summed E-state index contributed by atoms with van der Waals surface area (Å²) in [6, 6.07) is -0.511. The minimum absolute atomic E-state index is 0.0954. The topological polar surface area (TPSA) is 126 Å². The number of carbonyl (C=O) groups is 2. The fraction of sp³-hybridized carbons (Fsp3) is 0.625. The van der Waals surface area contributed by atoms with Gasteiger partial charge in [-0.2, -0.15) is 0 Å². The van der Waals surface area contributed by atoms with E-state index in [1.54, 1.807) is 6.92 Å². The molecule has 0 aliphatic rings. The van der Waals surface area contributed by atoms with Crippen LogP contribution in [0.3, 0.4) is 0 Å². The van der Waals surface area contributed by atoms with E-state index < -0.39 is 18.1 Å². The third kappa shape index (κ3) is 5.50. The Morgan fingerprint density at radius 1 is 1.56 bits per heavy atom. The average molecular weight is 275 g/mol. The number of aromatic nitrogens is 3. The summed E-state index contributed by atoms with van der Waals surface area (Å²) in [7, 11) is 0. The van der Waals surface area contributed by atoms with Crippen molar-refractivity contribution in [2.75, 3.05) is 18.5 Å². The lowest BCUT2D eigenvalue weighted by molar-refractivity contribution is -0.140. The van der Waals surface area contributed by atoms with Gasteiger partial charge in [-0.3, -0.25) is 10.1 Å². The van der Waals surface area contributed by atoms with Gasteiger partial charge >= 0.3 is 12.0 Å². The Bertz CT molecular complexity index is 385. The van der Waals surface area contributed by atoms with E-state index >= 15 is 0 Å². The maximum Gasteiger partial charge on any atom is 0.321 e. The van der Waals surface area contributed by atoms with Gasteiger partial charge in [-0.05, 0) is 12.1 Å². The van der Waals surface area contributed by atoms with Gasteiger partial charge in [0.2, 0.25) is 5.13 Å². The first kappa shape index (κ1) is 14.3. The van der Waals surface area contributed by atoms with Crippen molar-refractivity contribution in [2.45, 2.75) is 19.4 Å². The molecule has 0 radical (unpaired) electrons. The number of nitrogens with zero attached hydrogens (tertiary/aromatic N) is 3. The van der Waals surface area contributed by atoms with Crippen LogP contribution in [0.2, 0.25) is 0 Å². The van der Waals surface area contributed by atoms with E-state index in [2.05, 4.69) is 25.4 Å². The molecular formula is C8H13N5O4S. The summed E-state index contributed by atoms with van der Waals surface area (Å²) in [6.07, 6.45) is -0.736. The van der Waals surface area contributed by atoms with Gasteiger partial charge in [0.1, 0.15) is 0 Å². The molecule has 1 aromatic rings. The van der Waals surface area contributed by atoms with Crippen LogP contribution in [0.25, 0.3) is 0 Å². The van der Waals surface area contributed by atoms with Crippen molar-refractivity contribution >= 4 is 28.7 Å². The first-order chi connectivity index (χ1) is 8.61. The van der Waals surface area contributed by atoms with Crippen LogP contribution < -0.4 is 10.6 Å². The van der Waals surface area contributed by atoms with E-state index in [0.29, 0.717) is 6.61 Å². The average Bonchev–Trinajstić information content (AvgIpc) is 2.78. The number of hydrogen-bond donors (Lipinski definition) is 3. The minimum Gasteiger partial charge on any atom is -0.481 e. The van der Waals surface area contributed by atoms with Crippen molar-refractivity contribution in [3.8, 4) is 0 Å². The van der Waals surface area contributed by atoms with E-state index in [0.717, 1.165) is 11.5 Å². The molecule has 0 saturated carbocycles. The standard InChI is InChI=1S/C8H13N5O4S/c1-2-17-5(3-6(14)15)4-9-7(16)10-8-11-12-13-18-8/h5H,2-4H2,1H3,(H,14,15)(H2,9,10,11,13,16). The van der Waals surface area contributed by atoms with Crippen molar-refractivity contribution in [1.29, 1.82) is 0 Å². The minimum atomic E-state index is -0.982. The lowest BCUT2D eigenvalue weighted by atomic mass is 10.2. The van der Waals surface area contributed by atoms with Crippen molar-refractivity contribution in [2.24, 2.45) is 0 Å². The zero-order valence-electron chi connectivity index (χ0n) is 9.62. The molecule has 1 atom stereocenters. The van der Waals surface area contributed by atoms with Crippen molar-refractivity contribution in [1.82, 2.24) is 20.1 Å². The van der Waals surface area contributed by atoms with Crippen molar-refractivity contribution in [3.63, 3.8) is 0 Å². The van der Waals surface area contributed by atoms with Crippen LogP contribution >= 0.6 is 11.5 Å². The zero-order chi connectivity index (χ0) is 13.4. The van der Waals surface area contributed by atoms with Crippen LogP contribution in [0, 0.1) is 0 Å². The van der Waals surface area contributed by atoms with Gasteiger partial charge in [0, 0.05) is 24.7 Å². The van der Waals surface area contributed by atoms with Gasteiger partial charge in [-0.1, -0.05) is 9.59 Å². The number of carboxylic acids is 1. The molecule has 18 heavy (non-hydrogen) atoms. The highest BCUT2D eigenvalue weighted by Gasteiger charge is 2.14. The number of nitrogens with one attached hydrogen (secondary N) is 2. The summed E-state index contributed by atoms with van der Waals surface area (Å²) >= 11 is 0.937. The largest absolute Gasteiger partial charge is 0.481 e. The van der Waals surface area contributed by atoms with Gasteiger partial charge < -0.3 is 15.2 Å². The molecule has 3 N–H and O–H groups in total. The number of anilines is 1. The molecule has 0 aliphatic heterocycles. The van der Waals surface area contributed by atoms with E-state index in [4.69, 9.17) is 9.84 Å². The lowest BCUT2D eigenvalue weighted by Gasteiger charge is -2.15. The summed E-state index contributed by atoms with van der Waals surface area (Å²) in [6.45, 7) is 2.22. The number of carbonyl (C=O) groups excluding carboxylic acids is 1. The Labute approximate surface area is 107 Å². The molecule has 0 fully saturated rings. The number of amides is 2. The molecule has 0 saturated heterocycles. The third-order valence-corrected chi connectivity index (χ3v) is 2.33. The molecule has 0 aliphatic carbocycles. The fourth-order valence-electron chi connectivity index (χ4n) is 1.15. The van der Waals surface area contributed by atoms with E-state index in [-0.39, 0.29) is 18.1 Å². The Balaban J connectivity index is 2.32. The number of ether oxygens (including phenoxy) is 1. The van der Waals surface area contributed by atoms with Crippen LogP contribution in [-0.4, -0.2) is 51.2 Å². The molecule has 1 aromatic heterocycles. The van der Waals surface area contributed by atoms with Crippen LogP contribution in [0.1, 0.15) is 13.3 Å². The second-order valence-corrected chi connectivity index (χ2v) is 3.91. The van der Waals surface area contributed by atoms with Gasteiger partial charge in [-0.15, -0.1) is 0 Å². The van der Waals surface area contributed by atoms with Crippen LogP contribution in [0.4, 0.5) is 9.93 Å². The van der Waals surface area contributed by atoms with E-state index in [1.807, 2.05) is 0 Å². The van der Waals surface area contributed by atoms with Gasteiger partial charge in [0.05, 0.1) is 12.5 Å². The predicted molar refractivity (Wildman–Crippen MR) is 62.4 cm³/mol. The first-order valence-corrected chi connectivity index (χ1v) is 5.92. The van der Waals surface area contributed by atoms with Gasteiger partial charge in [0.25, 0.3) is 0 Å². The quantitative estimate of drug-likeness (QED) is 0.636. The Hall–Kier alpha value is -1.81. The Kier molecular flexibility index (Phi) is 5.94. The molecule has 10 heteroatoms. The lowest BCUT2D eigenvalue weighted by Crippen LogP contribution is -2.37. The number of urea groups is 1. The number of hydrogen-bond acceptors (Lipinski definition) is 7. The maximum absolute atomic E-state index is 11.4. The number of carboxylic acid groups (broad SMARTS) is 1. The molecule has 100 valence electrons. The second-order valence-electron chi connectivity index (χ2n) is 3.18. The molecule has 0 bridgehead atoms. The first-order valence-electron chi connectivity index (χ1n) is 5.15. The zero-order valence-corrected chi connectivity index (χ0v) is 10.4. The molecule has 1 heterocycles. The maximum atomic E-state index is 11.4. The van der Waals surface area contributed by atoms with Crippen LogP contribution in [0.5, 0.6) is 0 Å². The highest BCUT2D eigenvalue weighted by atomic mass is 32.1. The molecule has 1 rings (SSSR count). The molecule has 0 spiro atoms. The summed E-state index contributed by atoms with van der Waals surface area (Å²) in [5, 5.41) is 20.6. The number of rotatable bonds is 7. The monoisotopic (exact) mass is 275 g/mol. The summed E-state index contributed by atoms with van der Waals surface area (Å²) < 4.78 is 8.65. The fourth-order valence-corrected chi connectivity index (χ4v) is 1.51. The van der Waals surface area contributed by atoms with Crippen molar-refractivity contribution < 1.29 is 19.4 Å². The second kappa shape index (κ2) is 7.50. The molecule has 2 amide bonds. The Morgan fingerprint density at radius 2 is 2.33 bits per heavy atom. The van der Waals surface area contributed by atoms with Crippen LogP contribution in [0.15, 0.2) is 0 Å². The van der Waals surface area contributed by atoms with Gasteiger partial charge in [-0.25, -0.2) is 4.79 Å². The third-order valence-electron chi connectivity index (χ3n) is 1.81. The predicted octanol–water partition coefficient (Wildman–Crippen LogP) is -0.0656. The summed E-state index contributed by atoms with van der Waals surface area (Å²) in [5.74, 6) is -0.982. The van der Waals surface area contributed by atoms with Crippen LogP contribution in [-0.2, 0) is 9.53 Å². The molecule has 1 unspecified atom stereocenters. The number of aliphatic carboxylic acids is 1. The smallest absolute Gasteiger partial charge is 0.321 e. The molecular weight excluding hydrogens is 262 g/mol. The van der Waals surface area contributed by atoms with Crippen molar-refractivity contribution in [3.05, 3.63) is 0 Å².